The van der Waals surface area contributed by atoms with Crippen molar-refractivity contribution in [2.24, 2.45) is 0 Å². The van der Waals surface area contributed by atoms with Crippen LogP contribution in [0, 0.1) is 12.7 Å². The molecule has 1 aliphatic rings. The minimum Gasteiger partial charge on any atom is -0.348 e. The summed E-state index contributed by atoms with van der Waals surface area (Å²) < 4.78 is 14.2. The molecular weight excluding hydrogens is 387 g/mol. The molecule has 0 fully saturated rings. The molecule has 0 saturated heterocycles. The number of halogens is 1. The number of hydrogen-bond acceptors (Lipinski definition) is 4. The van der Waals surface area contributed by atoms with Crippen LogP contribution in [-0.4, -0.2) is 11.8 Å². The molecule has 1 N–H and O–H groups in total. The first-order valence-electron chi connectivity index (χ1n) is 8.99. The van der Waals surface area contributed by atoms with Crippen LogP contribution >= 0.6 is 11.8 Å². The van der Waals surface area contributed by atoms with Crippen molar-refractivity contribution < 1.29 is 14.0 Å². The van der Waals surface area contributed by atoms with Crippen molar-refractivity contribution in [3.63, 3.8) is 0 Å². The van der Waals surface area contributed by atoms with E-state index < -0.39 is 17.6 Å². The molecule has 0 unspecified atom stereocenters. The third-order valence-corrected chi connectivity index (χ3v) is 5.52. The molecule has 29 heavy (non-hydrogen) atoms. The second-order valence-electron chi connectivity index (χ2n) is 6.51. The fourth-order valence-corrected chi connectivity index (χ4v) is 3.87. The first-order valence-corrected chi connectivity index (χ1v) is 9.80. The summed E-state index contributed by atoms with van der Waals surface area (Å²) in [6.45, 7) is 1.97. The zero-order valence-corrected chi connectivity index (χ0v) is 16.4. The van der Waals surface area contributed by atoms with Crippen LogP contribution in [0.2, 0.25) is 0 Å². The fraction of sp³-hybridized carbons (Fsp3) is 0.0435. The average molecular weight is 404 g/mol. The van der Waals surface area contributed by atoms with Crippen molar-refractivity contribution in [2.45, 2.75) is 11.8 Å². The van der Waals surface area contributed by atoms with Crippen molar-refractivity contribution in [3.8, 4) is 0 Å². The molecule has 0 radical (unpaired) electrons. The Kier molecular flexibility index (Phi) is 5.18. The molecule has 2 amide bonds. The van der Waals surface area contributed by atoms with Gasteiger partial charge >= 0.3 is 0 Å². The summed E-state index contributed by atoms with van der Waals surface area (Å²) >= 11 is 1.19. The predicted molar refractivity (Wildman–Crippen MR) is 113 cm³/mol. The monoisotopic (exact) mass is 404 g/mol. The Labute approximate surface area is 172 Å². The Morgan fingerprint density at radius 1 is 0.828 bits per heavy atom. The van der Waals surface area contributed by atoms with E-state index in [2.05, 4.69) is 5.32 Å². The number of carbonyl (C=O) groups excluding carboxylic acids is 2. The second kappa shape index (κ2) is 7.93. The molecule has 3 aromatic carbocycles. The summed E-state index contributed by atoms with van der Waals surface area (Å²) in [5.74, 6) is -1.46. The number of rotatable bonds is 5. The molecular formula is C23H17FN2O2S. The summed E-state index contributed by atoms with van der Waals surface area (Å²) in [4.78, 5) is 28.5. The van der Waals surface area contributed by atoms with Crippen LogP contribution in [0.1, 0.15) is 5.56 Å². The molecule has 1 heterocycles. The molecule has 0 atom stereocenters. The average Bonchev–Trinajstić information content (AvgIpc) is 2.96. The van der Waals surface area contributed by atoms with E-state index in [-0.39, 0.29) is 16.3 Å². The third kappa shape index (κ3) is 3.79. The minimum atomic E-state index is -0.515. The first kappa shape index (κ1) is 19.0. The van der Waals surface area contributed by atoms with Gasteiger partial charge in [-0.25, -0.2) is 9.29 Å². The number of nitrogens with zero attached hydrogens (tertiary/aromatic N) is 1. The number of nitrogens with one attached hydrogen (secondary N) is 1. The highest BCUT2D eigenvalue weighted by atomic mass is 32.2. The van der Waals surface area contributed by atoms with Gasteiger partial charge in [0.2, 0.25) is 0 Å². The van der Waals surface area contributed by atoms with E-state index in [1.54, 1.807) is 36.4 Å². The Balaban J connectivity index is 1.76. The van der Waals surface area contributed by atoms with Crippen LogP contribution < -0.4 is 10.2 Å². The van der Waals surface area contributed by atoms with Gasteiger partial charge in [-0.3, -0.25) is 9.59 Å². The lowest BCUT2D eigenvalue weighted by atomic mass is 10.2. The minimum absolute atomic E-state index is 0.0644. The molecule has 0 saturated carbocycles. The Hall–Kier alpha value is -3.38. The van der Waals surface area contributed by atoms with Gasteiger partial charge < -0.3 is 5.32 Å². The zero-order valence-electron chi connectivity index (χ0n) is 15.6. The molecule has 3 aromatic rings. The van der Waals surface area contributed by atoms with Crippen LogP contribution in [0.5, 0.6) is 0 Å². The maximum atomic E-state index is 14.2. The van der Waals surface area contributed by atoms with Gasteiger partial charge in [-0.15, -0.1) is 0 Å². The van der Waals surface area contributed by atoms with E-state index in [4.69, 9.17) is 0 Å². The number of para-hydroxylation sites is 2. The third-order valence-electron chi connectivity index (χ3n) is 4.43. The number of carbonyl (C=O) groups is 2. The molecule has 6 heteroatoms. The summed E-state index contributed by atoms with van der Waals surface area (Å²) in [6, 6.07) is 22.4. The molecule has 144 valence electrons. The molecule has 0 bridgehead atoms. The first-order chi connectivity index (χ1) is 14.0. The number of hydrogen-bond donors (Lipinski definition) is 1. The molecule has 0 spiro atoms. The van der Waals surface area contributed by atoms with Gasteiger partial charge in [-0.05, 0) is 43.3 Å². The summed E-state index contributed by atoms with van der Waals surface area (Å²) in [6.07, 6.45) is 0. The van der Waals surface area contributed by atoms with E-state index in [0.717, 1.165) is 15.4 Å². The normalized spacial score (nSPS) is 13.9. The molecule has 0 aliphatic carbocycles. The van der Waals surface area contributed by atoms with E-state index >= 15 is 0 Å². The maximum Gasteiger partial charge on any atom is 0.283 e. The standard InChI is InChI=1S/C23H17FN2O2S/c1-15-11-13-17(14-12-15)29-21-20(25-19-10-6-5-9-18(19)24)22(27)26(23(21)28)16-7-3-2-4-8-16/h2-14,25H,1H3. The van der Waals surface area contributed by atoms with Crippen molar-refractivity contribution in [2.75, 3.05) is 10.2 Å². The molecule has 4 nitrogen and oxygen atoms in total. The Bertz CT molecular complexity index is 1110. The van der Waals surface area contributed by atoms with E-state index in [9.17, 15) is 14.0 Å². The number of imide groups is 1. The van der Waals surface area contributed by atoms with E-state index in [0.29, 0.717) is 5.69 Å². The van der Waals surface area contributed by atoms with Gasteiger partial charge in [-0.2, -0.15) is 0 Å². The summed E-state index contributed by atoms with van der Waals surface area (Å²) in [5.41, 5.74) is 1.76. The SMILES string of the molecule is Cc1ccc(SC2=C(Nc3ccccc3F)C(=O)N(c3ccccc3)C2=O)cc1. The van der Waals surface area contributed by atoms with Gasteiger partial charge in [0.05, 0.1) is 11.4 Å². The van der Waals surface area contributed by atoms with Crippen molar-refractivity contribution in [1.82, 2.24) is 0 Å². The summed E-state index contributed by atoms with van der Waals surface area (Å²) in [7, 11) is 0. The highest BCUT2D eigenvalue weighted by Gasteiger charge is 2.40. The number of aryl methyl sites for hydroxylation is 1. The zero-order chi connectivity index (χ0) is 20.4. The van der Waals surface area contributed by atoms with Crippen LogP contribution in [0.4, 0.5) is 15.8 Å². The number of anilines is 2. The van der Waals surface area contributed by atoms with Crippen LogP contribution in [0.15, 0.2) is 94.4 Å². The number of thioether (sulfide) groups is 1. The van der Waals surface area contributed by atoms with Crippen LogP contribution in [0.3, 0.4) is 0 Å². The summed E-state index contributed by atoms with van der Waals surface area (Å²) in [5, 5.41) is 2.84. The lowest BCUT2D eigenvalue weighted by molar-refractivity contribution is -0.120. The molecule has 4 rings (SSSR count). The van der Waals surface area contributed by atoms with Crippen molar-refractivity contribution in [1.29, 1.82) is 0 Å². The second-order valence-corrected chi connectivity index (χ2v) is 7.59. The Morgan fingerprint density at radius 2 is 1.48 bits per heavy atom. The fourth-order valence-electron chi connectivity index (χ4n) is 2.95. The molecule has 1 aliphatic heterocycles. The lowest BCUT2D eigenvalue weighted by Gasteiger charge is -2.15. The van der Waals surface area contributed by atoms with Crippen LogP contribution in [0.25, 0.3) is 0 Å². The Morgan fingerprint density at radius 3 is 2.17 bits per heavy atom. The molecule has 0 aromatic heterocycles. The van der Waals surface area contributed by atoms with E-state index in [1.165, 1.54) is 23.9 Å². The smallest absolute Gasteiger partial charge is 0.283 e. The highest BCUT2D eigenvalue weighted by molar-refractivity contribution is 8.04. The van der Waals surface area contributed by atoms with Crippen LogP contribution in [-0.2, 0) is 9.59 Å². The van der Waals surface area contributed by atoms with Gasteiger partial charge in [0.15, 0.2) is 0 Å². The largest absolute Gasteiger partial charge is 0.348 e. The van der Waals surface area contributed by atoms with Gasteiger partial charge in [0, 0.05) is 4.90 Å². The maximum absolute atomic E-state index is 14.2. The van der Waals surface area contributed by atoms with Crippen molar-refractivity contribution >= 4 is 35.0 Å². The van der Waals surface area contributed by atoms with Gasteiger partial charge in [-0.1, -0.05) is 59.8 Å². The topological polar surface area (TPSA) is 49.4 Å². The van der Waals surface area contributed by atoms with E-state index in [1.807, 2.05) is 37.3 Å². The highest BCUT2D eigenvalue weighted by Crippen LogP contribution is 2.38. The lowest BCUT2D eigenvalue weighted by Crippen LogP contribution is -2.32. The predicted octanol–water partition coefficient (Wildman–Crippen LogP) is 5.12. The van der Waals surface area contributed by atoms with Gasteiger partial charge in [0.1, 0.15) is 16.4 Å². The van der Waals surface area contributed by atoms with Gasteiger partial charge in [0.25, 0.3) is 11.8 Å². The number of amides is 2. The quantitative estimate of drug-likeness (QED) is 0.600. The van der Waals surface area contributed by atoms with Crippen molar-refractivity contribution in [3.05, 3.63) is 101 Å². The number of benzene rings is 3.